The van der Waals surface area contributed by atoms with Gasteiger partial charge in [0.15, 0.2) is 6.29 Å². The van der Waals surface area contributed by atoms with E-state index in [0.29, 0.717) is 5.70 Å². The molecule has 1 fully saturated rings. The molecule has 0 amide bonds. The van der Waals surface area contributed by atoms with Crippen molar-refractivity contribution in [3.63, 3.8) is 0 Å². The average molecular weight is 231 g/mol. The van der Waals surface area contributed by atoms with Crippen molar-refractivity contribution in [3.8, 4) is 0 Å². The van der Waals surface area contributed by atoms with Crippen LogP contribution in [0.15, 0.2) is 24.9 Å². The largest absolute Gasteiger partial charge is 0.394 e. The quantitative estimate of drug-likeness (QED) is 0.361. The fourth-order valence-electron chi connectivity index (χ4n) is 1.53. The van der Waals surface area contributed by atoms with E-state index in [-0.39, 0.29) is 0 Å². The molecule has 0 aromatic heterocycles. The molecule has 1 heterocycles. The van der Waals surface area contributed by atoms with Gasteiger partial charge in [0.05, 0.1) is 6.61 Å². The maximum Gasteiger partial charge on any atom is 0.178 e. The van der Waals surface area contributed by atoms with Crippen molar-refractivity contribution in [3.05, 3.63) is 24.9 Å². The Bertz CT molecular complexity index is 270. The molecule has 0 radical (unpaired) electrons. The summed E-state index contributed by atoms with van der Waals surface area (Å²) in [5.74, 6) is 0. The molecule has 92 valence electrons. The Labute approximate surface area is 93.5 Å². The molecule has 1 saturated heterocycles. The third-order valence-corrected chi connectivity index (χ3v) is 2.50. The normalized spacial score (nSPS) is 39.1. The standard InChI is InChI=1S/C10H17NO5/c1-3-5(2)11-7-9(14)8(13)6(4-12)16-10(7)15/h3,6-15H,1-2,4H2. The number of hydrogen-bond acceptors (Lipinski definition) is 6. The molecule has 0 aromatic rings. The van der Waals surface area contributed by atoms with E-state index < -0.39 is 37.3 Å². The molecule has 0 aliphatic carbocycles. The Kier molecular flexibility index (Phi) is 4.45. The van der Waals surface area contributed by atoms with Gasteiger partial charge in [-0.25, -0.2) is 0 Å². The second kappa shape index (κ2) is 5.42. The van der Waals surface area contributed by atoms with Crippen LogP contribution in [0.5, 0.6) is 0 Å². The lowest BCUT2D eigenvalue weighted by Gasteiger charge is -2.40. The van der Waals surface area contributed by atoms with E-state index in [1.54, 1.807) is 0 Å². The number of ether oxygens (including phenoxy) is 1. The fourth-order valence-corrected chi connectivity index (χ4v) is 1.53. The van der Waals surface area contributed by atoms with Gasteiger partial charge in [-0.2, -0.15) is 0 Å². The predicted octanol–water partition coefficient (Wildman–Crippen LogP) is -1.92. The Hall–Kier alpha value is -0.920. The van der Waals surface area contributed by atoms with Crippen LogP contribution in [-0.2, 0) is 4.74 Å². The number of nitrogens with one attached hydrogen (secondary N) is 1. The minimum atomic E-state index is -1.34. The molecule has 0 saturated carbocycles. The molecule has 5 unspecified atom stereocenters. The molecule has 1 rings (SSSR count). The van der Waals surface area contributed by atoms with E-state index in [0.717, 1.165) is 0 Å². The van der Waals surface area contributed by atoms with Crippen LogP contribution in [0.25, 0.3) is 0 Å². The van der Waals surface area contributed by atoms with E-state index in [1.807, 2.05) is 0 Å². The highest BCUT2D eigenvalue weighted by atomic mass is 16.6. The molecular formula is C10H17NO5. The van der Waals surface area contributed by atoms with Crippen LogP contribution < -0.4 is 5.32 Å². The highest BCUT2D eigenvalue weighted by Gasteiger charge is 2.43. The van der Waals surface area contributed by atoms with E-state index in [2.05, 4.69) is 18.5 Å². The molecule has 1 aliphatic rings. The van der Waals surface area contributed by atoms with Crippen molar-refractivity contribution >= 4 is 0 Å². The van der Waals surface area contributed by atoms with Gasteiger partial charge in [0.1, 0.15) is 24.4 Å². The van der Waals surface area contributed by atoms with Gasteiger partial charge in [-0.3, -0.25) is 0 Å². The van der Waals surface area contributed by atoms with E-state index in [1.165, 1.54) is 6.08 Å². The zero-order valence-corrected chi connectivity index (χ0v) is 8.78. The van der Waals surface area contributed by atoms with E-state index in [4.69, 9.17) is 9.84 Å². The highest BCUT2D eigenvalue weighted by Crippen LogP contribution is 2.20. The van der Waals surface area contributed by atoms with Crippen LogP contribution in [0.2, 0.25) is 0 Å². The van der Waals surface area contributed by atoms with Crippen LogP contribution in [-0.4, -0.2) is 57.7 Å². The van der Waals surface area contributed by atoms with Gasteiger partial charge in [0, 0.05) is 5.70 Å². The van der Waals surface area contributed by atoms with E-state index >= 15 is 0 Å². The summed E-state index contributed by atoms with van der Waals surface area (Å²) < 4.78 is 4.93. The summed E-state index contributed by atoms with van der Waals surface area (Å²) >= 11 is 0. The first-order valence-electron chi connectivity index (χ1n) is 4.89. The summed E-state index contributed by atoms with van der Waals surface area (Å²) in [4.78, 5) is 0. The van der Waals surface area contributed by atoms with Gasteiger partial charge in [0.25, 0.3) is 0 Å². The van der Waals surface area contributed by atoms with Crippen molar-refractivity contribution < 1.29 is 25.2 Å². The molecule has 0 spiro atoms. The van der Waals surface area contributed by atoms with Gasteiger partial charge < -0.3 is 30.5 Å². The minimum Gasteiger partial charge on any atom is -0.394 e. The lowest BCUT2D eigenvalue weighted by Crippen LogP contribution is -2.62. The van der Waals surface area contributed by atoms with Crippen LogP contribution >= 0.6 is 0 Å². The highest BCUT2D eigenvalue weighted by molar-refractivity contribution is 5.11. The Morgan fingerprint density at radius 2 is 1.94 bits per heavy atom. The van der Waals surface area contributed by atoms with Crippen LogP contribution in [0.3, 0.4) is 0 Å². The van der Waals surface area contributed by atoms with Crippen molar-refractivity contribution in [2.24, 2.45) is 0 Å². The monoisotopic (exact) mass is 231 g/mol. The first kappa shape index (κ1) is 13.1. The summed E-state index contributed by atoms with van der Waals surface area (Å²) in [6.45, 7) is 6.54. The lowest BCUT2D eigenvalue weighted by molar-refractivity contribution is -0.253. The number of rotatable bonds is 4. The Balaban J connectivity index is 2.71. The molecule has 0 aromatic carbocycles. The Morgan fingerprint density at radius 1 is 1.31 bits per heavy atom. The Morgan fingerprint density at radius 3 is 2.44 bits per heavy atom. The summed E-state index contributed by atoms with van der Waals surface area (Å²) in [6, 6.07) is -0.914. The van der Waals surface area contributed by atoms with Gasteiger partial charge in [-0.05, 0) is 6.08 Å². The predicted molar refractivity (Wildman–Crippen MR) is 56.2 cm³/mol. The maximum atomic E-state index is 9.71. The topological polar surface area (TPSA) is 102 Å². The minimum absolute atomic E-state index is 0.390. The molecule has 16 heavy (non-hydrogen) atoms. The summed E-state index contributed by atoms with van der Waals surface area (Å²) in [7, 11) is 0. The SMILES string of the molecule is C=CC(=C)NC1C(O)OC(CO)C(O)C1O. The third kappa shape index (κ3) is 2.60. The van der Waals surface area contributed by atoms with Crippen LogP contribution in [0.1, 0.15) is 0 Å². The van der Waals surface area contributed by atoms with Crippen LogP contribution in [0.4, 0.5) is 0 Å². The molecule has 5 N–H and O–H groups in total. The molecule has 0 bridgehead atoms. The van der Waals surface area contributed by atoms with Gasteiger partial charge >= 0.3 is 0 Å². The fraction of sp³-hybridized carbons (Fsp3) is 0.600. The third-order valence-electron chi connectivity index (χ3n) is 2.50. The average Bonchev–Trinajstić information content (AvgIpc) is 2.28. The number of hydrogen-bond donors (Lipinski definition) is 5. The smallest absolute Gasteiger partial charge is 0.178 e. The van der Waals surface area contributed by atoms with Crippen LogP contribution in [0, 0.1) is 0 Å². The summed E-state index contributed by atoms with van der Waals surface area (Å²) in [5.41, 5.74) is 0.390. The van der Waals surface area contributed by atoms with Gasteiger partial charge in [-0.15, -0.1) is 0 Å². The van der Waals surface area contributed by atoms with Gasteiger partial charge in [-0.1, -0.05) is 13.2 Å². The number of aliphatic hydroxyl groups is 4. The summed E-state index contributed by atoms with van der Waals surface area (Å²) in [6.07, 6.45) is -3.47. The zero-order valence-electron chi connectivity index (χ0n) is 8.78. The number of allylic oxidation sites excluding steroid dienone is 1. The van der Waals surface area contributed by atoms with Crippen molar-refractivity contribution in [2.45, 2.75) is 30.6 Å². The first-order valence-corrected chi connectivity index (χ1v) is 4.89. The molecule has 1 aliphatic heterocycles. The molecule has 6 heteroatoms. The van der Waals surface area contributed by atoms with Gasteiger partial charge in [0.2, 0.25) is 0 Å². The second-order valence-electron chi connectivity index (χ2n) is 3.63. The molecule has 6 nitrogen and oxygen atoms in total. The number of aliphatic hydroxyl groups excluding tert-OH is 4. The second-order valence-corrected chi connectivity index (χ2v) is 3.63. The zero-order chi connectivity index (χ0) is 12.3. The van der Waals surface area contributed by atoms with Crippen molar-refractivity contribution in [1.82, 2.24) is 5.32 Å². The lowest BCUT2D eigenvalue weighted by atomic mass is 9.97. The summed E-state index contributed by atoms with van der Waals surface area (Å²) in [5, 5.41) is 40.4. The molecular weight excluding hydrogens is 214 g/mol. The van der Waals surface area contributed by atoms with Crippen molar-refractivity contribution in [2.75, 3.05) is 6.61 Å². The van der Waals surface area contributed by atoms with E-state index in [9.17, 15) is 15.3 Å². The molecule has 5 atom stereocenters. The first-order chi connectivity index (χ1) is 7.51. The van der Waals surface area contributed by atoms with Crippen molar-refractivity contribution in [1.29, 1.82) is 0 Å². The maximum absolute atomic E-state index is 9.71.